The van der Waals surface area contributed by atoms with E-state index in [0.29, 0.717) is 38.4 Å². The van der Waals surface area contributed by atoms with Gasteiger partial charge in [-0.25, -0.2) is 4.39 Å². The number of nitrogens with zero attached hydrogens (tertiary/aromatic N) is 2. The van der Waals surface area contributed by atoms with Crippen LogP contribution >= 0.6 is 0 Å². The molecule has 2 unspecified atom stereocenters. The molecule has 0 saturated carbocycles. The molecule has 0 spiro atoms. The maximum atomic E-state index is 13.4. The average molecular weight is 463 g/mol. The second-order valence-electron chi connectivity index (χ2n) is 8.85. The summed E-state index contributed by atoms with van der Waals surface area (Å²) in [5, 5.41) is 8.22. The number of hydrogen-bond acceptors (Lipinski definition) is 4. The van der Waals surface area contributed by atoms with Crippen molar-refractivity contribution in [1.82, 2.24) is 15.1 Å². The molecule has 1 heterocycles. The highest BCUT2D eigenvalue weighted by Gasteiger charge is 2.26. The van der Waals surface area contributed by atoms with Crippen LogP contribution in [0.25, 0.3) is 10.8 Å². The molecule has 1 saturated heterocycles. The Kier molecular flexibility index (Phi) is 7.55. The number of benzene rings is 3. The smallest absolute Gasteiger partial charge is 0.241 e. The van der Waals surface area contributed by atoms with Gasteiger partial charge >= 0.3 is 0 Å². The summed E-state index contributed by atoms with van der Waals surface area (Å²) in [5.41, 5.74) is 1.56. The van der Waals surface area contributed by atoms with Gasteiger partial charge in [0.1, 0.15) is 5.82 Å². The number of anilines is 1. The molecule has 2 N–H and O–H groups in total. The maximum absolute atomic E-state index is 13.4. The van der Waals surface area contributed by atoms with Gasteiger partial charge in [-0.05, 0) is 48.4 Å². The Labute approximate surface area is 199 Å². The normalized spacial score (nSPS) is 16.7. The SMILES string of the molecule is CC(NC(=O)CN1CCN(C(C)C(=O)Nc2cccc(F)c2)CC1)c1cccc2ccccc12. The number of carbonyl (C=O) groups is 2. The number of piperazine rings is 1. The molecule has 3 aromatic carbocycles. The van der Waals surface area contributed by atoms with Crippen molar-refractivity contribution in [3.63, 3.8) is 0 Å². The lowest BCUT2D eigenvalue weighted by Gasteiger charge is -2.37. The second-order valence-corrected chi connectivity index (χ2v) is 8.85. The van der Waals surface area contributed by atoms with Gasteiger partial charge in [-0.3, -0.25) is 19.4 Å². The molecule has 3 aromatic rings. The van der Waals surface area contributed by atoms with E-state index in [4.69, 9.17) is 0 Å². The molecule has 34 heavy (non-hydrogen) atoms. The number of halogens is 1. The Morgan fingerprint density at radius 1 is 0.941 bits per heavy atom. The highest BCUT2D eigenvalue weighted by molar-refractivity contribution is 5.94. The molecule has 1 aliphatic rings. The molecule has 0 aliphatic carbocycles. The van der Waals surface area contributed by atoms with E-state index in [-0.39, 0.29) is 29.7 Å². The zero-order valence-electron chi connectivity index (χ0n) is 19.6. The summed E-state index contributed by atoms with van der Waals surface area (Å²) >= 11 is 0. The first kappa shape index (κ1) is 23.9. The lowest BCUT2D eigenvalue weighted by molar-refractivity contribution is -0.125. The van der Waals surface area contributed by atoms with Crippen LogP contribution < -0.4 is 10.6 Å². The molecule has 178 valence electrons. The second kappa shape index (κ2) is 10.8. The molecule has 2 amide bonds. The van der Waals surface area contributed by atoms with Crippen molar-refractivity contribution in [2.24, 2.45) is 0 Å². The third kappa shape index (κ3) is 5.79. The molecular formula is C27H31FN4O2. The third-order valence-corrected chi connectivity index (χ3v) is 6.46. The van der Waals surface area contributed by atoms with E-state index in [1.807, 2.05) is 32.0 Å². The minimum Gasteiger partial charge on any atom is -0.348 e. The minimum atomic E-state index is -0.382. The third-order valence-electron chi connectivity index (χ3n) is 6.46. The number of carbonyl (C=O) groups excluding carboxylic acids is 2. The molecule has 1 aliphatic heterocycles. The monoisotopic (exact) mass is 462 g/mol. The summed E-state index contributed by atoms with van der Waals surface area (Å²) in [7, 11) is 0. The highest BCUT2D eigenvalue weighted by Crippen LogP contribution is 2.24. The predicted octanol–water partition coefficient (Wildman–Crippen LogP) is 3.80. The van der Waals surface area contributed by atoms with Gasteiger partial charge in [0.2, 0.25) is 11.8 Å². The molecule has 0 bridgehead atoms. The minimum absolute atomic E-state index is 0.00854. The fourth-order valence-corrected chi connectivity index (χ4v) is 4.48. The van der Waals surface area contributed by atoms with Crippen LogP contribution in [0.4, 0.5) is 10.1 Å². The quantitative estimate of drug-likeness (QED) is 0.561. The van der Waals surface area contributed by atoms with E-state index in [2.05, 4.69) is 44.7 Å². The number of nitrogens with one attached hydrogen (secondary N) is 2. The van der Waals surface area contributed by atoms with Gasteiger partial charge in [-0.2, -0.15) is 0 Å². The van der Waals surface area contributed by atoms with E-state index in [1.54, 1.807) is 12.1 Å². The van der Waals surface area contributed by atoms with Gasteiger partial charge in [0.05, 0.1) is 18.6 Å². The van der Waals surface area contributed by atoms with Crippen LogP contribution in [0.3, 0.4) is 0 Å². The van der Waals surface area contributed by atoms with Gasteiger partial charge in [0, 0.05) is 31.9 Å². The number of rotatable bonds is 7. The predicted molar refractivity (Wildman–Crippen MR) is 133 cm³/mol. The van der Waals surface area contributed by atoms with E-state index in [1.165, 1.54) is 12.1 Å². The van der Waals surface area contributed by atoms with Crippen LogP contribution in [0.1, 0.15) is 25.5 Å². The topological polar surface area (TPSA) is 64.7 Å². The van der Waals surface area contributed by atoms with Crippen LogP contribution in [0.15, 0.2) is 66.7 Å². The molecular weight excluding hydrogens is 431 g/mol. The van der Waals surface area contributed by atoms with Gasteiger partial charge in [-0.1, -0.05) is 48.5 Å². The molecule has 7 heteroatoms. The summed E-state index contributed by atoms with van der Waals surface area (Å²) in [6.45, 7) is 6.96. The average Bonchev–Trinajstić information content (AvgIpc) is 2.83. The van der Waals surface area contributed by atoms with E-state index in [9.17, 15) is 14.0 Å². The first-order valence-corrected chi connectivity index (χ1v) is 11.7. The highest BCUT2D eigenvalue weighted by atomic mass is 19.1. The van der Waals surface area contributed by atoms with Gasteiger partial charge < -0.3 is 10.6 Å². The molecule has 2 atom stereocenters. The summed E-state index contributed by atoms with van der Waals surface area (Å²) in [6.07, 6.45) is 0. The van der Waals surface area contributed by atoms with Crippen molar-refractivity contribution in [2.75, 3.05) is 38.0 Å². The molecule has 0 radical (unpaired) electrons. The number of amides is 2. The van der Waals surface area contributed by atoms with Gasteiger partial charge in [0.25, 0.3) is 0 Å². The van der Waals surface area contributed by atoms with Crippen molar-refractivity contribution < 1.29 is 14.0 Å². The van der Waals surface area contributed by atoms with Crippen molar-refractivity contribution in [3.05, 3.63) is 78.1 Å². The fraction of sp³-hybridized carbons (Fsp3) is 0.333. The lowest BCUT2D eigenvalue weighted by Crippen LogP contribution is -2.54. The Morgan fingerprint density at radius 2 is 1.65 bits per heavy atom. The number of hydrogen-bond donors (Lipinski definition) is 2. The summed E-state index contributed by atoms with van der Waals surface area (Å²) < 4.78 is 13.4. The van der Waals surface area contributed by atoms with Crippen LogP contribution in [-0.4, -0.2) is 60.4 Å². The first-order valence-electron chi connectivity index (χ1n) is 11.7. The molecule has 6 nitrogen and oxygen atoms in total. The first-order chi connectivity index (χ1) is 16.4. The summed E-state index contributed by atoms with van der Waals surface area (Å²) in [5.74, 6) is -0.557. The molecule has 4 rings (SSSR count). The van der Waals surface area contributed by atoms with Crippen LogP contribution in [0.5, 0.6) is 0 Å². The number of fused-ring (bicyclic) bond motifs is 1. The van der Waals surface area contributed by atoms with Crippen molar-refractivity contribution in [1.29, 1.82) is 0 Å². The maximum Gasteiger partial charge on any atom is 0.241 e. The van der Waals surface area contributed by atoms with E-state index < -0.39 is 0 Å². The lowest BCUT2D eigenvalue weighted by atomic mass is 10.00. The Hall–Kier alpha value is -3.29. The van der Waals surface area contributed by atoms with Crippen molar-refractivity contribution in [2.45, 2.75) is 25.9 Å². The Balaban J connectivity index is 1.25. The van der Waals surface area contributed by atoms with Gasteiger partial charge in [0.15, 0.2) is 0 Å². The van der Waals surface area contributed by atoms with E-state index in [0.717, 1.165) is 16.3 Å². The largest absolute Gasteiger partial charge is 0.348 e. The summed E-state index contributed by atoms with van der Waals surface area (Å²) in [4.78, 5) is 29.5. The Bertz CT molecular complexity index is 1150. The van der Waals surface area contributed by atoms with Crippen molar-refractivity contribution >= 4 is 28.3 Å². The fourth-order valence-electron chi connectivity index (χ4n) is 4.48. The zero-order valence-corrected chi connectivity index (χ0v) is 19.6. The van der Waals surface area contributed by atoms with Crippen LogP contribution in [-0.2, 0) is 9.59 Å². The standard InChI is InChI=1S/C27H31FN4O2/c1-19(24-12-5-8-21-7-3-4-11-25(21)24)29-26(33)18-31-13-15-32(16-14-31)20(2)27(34)30-23-10-6-9-22(28)17-23/h3-12,17,19-20H,13-16,18H2,1-2H3,(H,29,33)(H,30,34). The summed E-state index contributed by atoms with van der Waals surface area (Å²) in [6, 6.07) is 19.8. The van der Waals surface area contributed by atoms with Crippen LogP contribution in [0.2, 0.25) is 0 Å². The van der Waals surface area contributed by atoms with Gasteiger partial charge in [-0.15, -0.1) is 0 Å². The Morgan fingerprint density at radius 3 is 2.41 bits per heavy atom. The molecule has 1 fully saturated rings. The van der Waals surface area contributed by atoms with Crippen LogP contribution in [0, 0.1) is 5.82 Å². The van der Waals surface area contributed by atoms with E-state index >= 15 is 0 Å². The zero-order chi connectivity index (χ0) is 24.1. The molecule has 0 aromatic heterocycles. The van der Waals surface area contributed by atoms with Crippen molar-refractivity contribution in [3.8, 4) is 0 Å².